The normalized spacial score (nSPS) is 18.8. The van der Waals surface area contributed by atoms with Gasteiger partial charge in [-0.2, -0.15) is 0 Å². The molecule has 2 aromatic rings. The van der Waals surface area contributed by atoms with Crippen LogP contribution < -0.4 is 19.7 Å². The van der Waals surface area contributed by atoms with Gasteiger partial charge < -0.3 is 24.4 Å². The molecular formula is C24H33N2O4+. The Hall–Kier alpha value is -2.57. The molecular weight excluding hydrogens is 380 g/mol. The Morgan fingerprint density at radius 2 is 1.80 bits per heavy atom. The third-order valence-electron chi connectivity index (χ3n) is 4.99. The molecule has 6 nitrogen and oxygen atoms in total. The van der Waals surface area contributed by atoms with E-state index < -0.39 is 0 Å². The fraction of sp³-hybridized carbons (Fsp3) is 0.458. The molecule has 0 saturated carbocycles. The van der Waals surface area contributed by atoms with Crippen LogP contribution in [0.15, 0.2) is 54.6 Å². The zero-order valence-corrected chi connectivity index (χ0v) is 17.9. The molecule has 30 heavy (non-hydrogen) atoms. The molecule has 1 aliphatic heterocycles. The Labute approximate surface area is 179 Å². The van der Waals surface area contributed by atoms with Gasteiger partial charge in [0.25, 0.3) is 5.91 Å². The molecule has 1 unspecified atom stereocenters. The summed E-state index contributed by atoms with van der Waals surface area (Å²) < 4.78 is 17.1. The van der Waals surface area contributed by atoms with Gasteiger partial charge in [-0.15, -0.1) is 0 Å². The average molecular weight is 414 g/mol. The molecule has 0 spiro atoms. The number of ether oxygens (including phenoxy) is 3. The third kappa shape index (κ3) is 7.69. The maximum absolute atomic E-state index is 12.1. The molecule has 0 radical (unpaired) electrons. The zero-order valence-electron chi connectivity index (χ0n) is 17.9. The van der Waals surface area contributed by atoms with Crippen LogP contribution in [0.5, 0.6) is 11.5 Å². The monoisotopic (exact) mass is 413 g/mol. The second-order valence-corrected chi connectivity index (χ2v) is 8.13. The van der Waals surface area contributed by atoms with E-state index >= 15 is 0 Å². The molecule has 1 fully saturated rings. The minimum atomic E-state index is -0.140. The molecule has 3 rings (SSSR count). The van der Waals surface area contributed by atoms with E-state index in [4.69, 9.17) is 14.2 Å². The van der Waals surface area contributed by atoms with Crippen LogP contribution in [0.3, 0.4) is 0 Å². The Morgan fingerprint density at radius 3 is 2.50 bits per heavy atom. The highest BCUT2D eigenvalue weighted by atomic mass is 16.5. The number of carbonyl (C=O) groups is 1. The highest BCUT2D eigenvalue weighted by Crippen LogP contribution is 2.18. The van der Waals surface area contributed by atoms with Gasteiger partial charge in [0.05, 0.1) is 13.2 Å². The molecule has 6 heteroatoms. The number of amides is 1. The Morgan fingerprint density at radius 1 is 1.10 bits per heavy atom. The summed E-state index contributed by atoms with van der Waals surface area (Å²) in [6.45, 7) is 9.36. The van der Waals surface area contributed by atoms with E-state index in [0.29, 0.717) is 24.8 Å². The van der Waals surface area contributed by atoms with Crippen LogP contribution >= 0.6 is 0 Å². The predicted octanol–water partition coefficient (Wildman–Crippen LogP) is 1.70. The maximum Gasteiger partial charge on any atom is 0.258 e. The van der Waals surface area contributed by atoms with E-state index in [1.807, 2.05) is 54.6 Å². The lowest BCUT2D eigenvalue weighted by molar-refractivity contribution is -0.914. The molecule has 162 valence electrons. The molecule has 0 bridgehead atoms. The van der Waals surface area contributed by atoms with Gasteiger partial charge in [-0.25, -0.2) is 0 Å². The van der Waals surface area contributed by atoms with Crippen LogP contribution in [0.2, 0.25) is 0 Å². The fourth-order valence-electron chi connectivity index (χ4n) is 3.55. The largest absolute Gasteiger partial charge is 0.489 e. The van der Waals surface area contributed by atoms with E-state index in [2.05, 4.69) is 19.2 Å². The van der Waals surface area contributed by atoms with Crippen molar-refractivity contribution in [2.75, 3.05) is 39.4 Å². The molecule has 2 atom stereocenters. The minimum absolute atomic E-state index is 0.0144. The number of hydrogen-bond acceptors (Lipinski definition) is 4. The molecule has 1 saturated heterocycles. The lowest BCUT2D eigenvalue weighted by Gasteiger charge is -2.31. The smallest absolute Gasteiger partial charge is 0.258 e. The second kappa shape index (κ2) is 11.6. The molecule has 1 aliphatic rings. The lowest BCUT2D eigenvalue weighted by atomic mass is 10.2. The van der Waals surface area contributed by atoms with Crippen molar-refractivity contribution in [3.63, 3.8) is 0 Å². The quantitative estimate of drug-likeness (QED) is 0.623. The van der Waals surface area contributed by atoms with Gasteiger partial charge in [-0.05, 0) is 29.8 Å². The first-order valence-corrected chi connectivity index (χ1v) is 10.7. The fourth-order valence-corrected chi connectivity index (χ4v) is 3.55. The summed E-state index contributed by atoms with van der Waals surface area (Å²) in [7, 11) is 0. The van der Waals surface area contributed by atoms with Crippen LogP contribution in [-0.4, -0.2) is 51.4 Å². The summed E-state index contributed by atoms with van der Waals surface area (Å²) in [6, 6.07) is 17.3. The highest BCUT2D eigenvalue weighted by Gasteiger charge is 2.24. The topological polar surface area (TPSA) is 61.2 Å². The van der Waals surface area contributed by atoms with Crippen molar-refractivity contribution in [3.8, 4) is 11.5 Å². The summed E-state index contributed by atoms with van der Waals surface area (Å²) in [5.41, 5.74) is 1.12. The summed E-state index contributed by atoms with van der Waals surface area (Å²) >= 11 is 0. The predicted molar refractivity (Wildman–Crippen MR) is 116 cm³/mol. The van der Waals surface area contributed by atoms with Crippen molar-refractivity contribution in [2.24, 2.45) is 5.92 Å². The summed E-state index contributed by atoms with van der Waals surface area (Å²) in [5, 5.41) is 2.92. The lowest BCUT2D eigenvalue weighted by Crippen LogP contribution is -3.15. The molecule has 1 heterocycles. The number of hydrogen-bond donors (Lipinski definition) is 2. The van der Waals surface area contributed by atoms with Gasteiger partial charge in [0, 0.05) is 12.5 Å². The van der Waals surface area contributed by atoms with E-state index in [-0.39, 0.29) is 18.6 Å². The van der Waals surface area contributed by atoms with Crippen molar-refractivity contribution < 1.29 is 23.9 Å². The van der Waals surface area contributed by atoms with E-state index in [1.165, 1.54) is 0 Å². The highest BCUT2D eigenvalue weighted by molar-refractivity contribution is 5.77. The van der Waals surface area contributed by atoms with Crippen molar-refractivity contribution in [2.45, 2.75) is 26.6 Å². The number of nitrogens with one attached hydrogen (secondary N) is 2. The molecule has 2 N–H and O–H groups in total. The average Bonchev–Trinajstić information content (AvgIpc) is 2.76. The van der Waals surface area contributed by atoms with Crippen LogP contribution in [0.1, 0.15) is 19.4 Å². The van der Waals surface area contributed by atoms with Crippen molar-refractivity contribution in [1.82, 2.24) is 5.32 Å². The van der Waals surface area contributed by atoms with E-state index in [1.54, 1.807) is 4.90 Å². The van der Waals surface area contributed by atoms with Gasteiger partial charge >= 0.3 is 0 Å². The maximum atomic E-state index is 12.1. The number of benzene rings is 2. The summed E-state index contributed by atoms with van der Waals surface area (Å²) in [5.74, 6) is 1.92. The van der Waals surface area contributed by atoms with Gasteiger partial charge in [0.15, 0.2) is 6.61 Å². The van der Waals surface area contributed by atoms with Crippen molar-refractivity contribution >= 4 is 5.91 Å². The van der Waals surface area contributed by atoms with Crippen LogP contribution in [-0.2, 0) is 16.1 Å². The van der Waals surface area contributed by atoms with Gasteiger partial charge in [0.2, 0.25) is 0 Å². The second-order valence-electron chi connectivity index (χ2n) is 8.13. The molecule has 0 aromatic heterocycles. The van der Waals surface area contributed by atoms with Crippen LogP contribution in [0.25, 0.3) is 0 Å². The SMILES string of the molecule is CC(C)C[NH+]1CCO[C@@H](CNC(=O)COc2ccc(OCc3ccccc3)cc2)C1. The number of carbonyl (C=O) groups excluding carboxylic acids is 1. The number of quaternary nitrogens is 1. The standard InChI is InChI=1S/C24H32N2O4/c1-19(2)15-26-12-13-28-23(16-26)14-25-24(27)18-30-22-10-8-21(9-11-22)29-17-20-6-4-3-5-7-20/h3-11,19,23H,12-18H2,1-2H3,(H,25,27)/p+1/t23-/m0/s1. The first-order chi connectivity index (χ1) is 14.6. The number of rotatable bonds is 10. The molecule has 0 aliphatic carbocycles. The first kappa shape index (κ1) is 22.1. The van der Waals surface area contributed by atoms with Gasteiger partial charge in [-0.1, -0.05) is 44.2 Å². The van der Waals surface area contributed by atoms with Gasteiger partial charge in [0.1, 0.15) is 37.3 Å². The van der Waals surface area contributed by atoms with Crippen LogP contribution in [0, 0.1) is 5.92 Å². The van der Waals surface area contributed by atoms with E-state index in [0.717, 1.165) is 37.6 Å². The third-order valence-corrected chi connectivity index (χ3v) is 4.99. The first-order valence-electron chi connectivity index (χ1n) is 10.7. The Bertz CT molecular complexity index is 765. The minimum Gasteiger partial charge on any atom is -0.489 e. The molecule has 2 aromatic carbocycles. The number of morpholine rings is 1. The summed E-state index contributed by atoms with van der Waals surface area (Å²) in [4.78, 5) is 13.7. The summed E-state index contributed by atoms with van der Waals surface area (Å²) in [6.07, 6.45) is 0.0671. The van der Waals surface area contributed by atoms with E-state index in [9.17, 15) is 4.79 Å². The molecule has 1 amide bonds. The van der Waals surface area contributed by atoms with Crippen LogP contribution in [0.4, 0.5) is 0 Å². The van der Waals surface area contributed by atoms with Crippen molar-refractivity contribution in [1.29, 1.82) is 0 Å². The Kier molecular flexibility index (Phi) is 8.53. The zero-order chi connectivity index (χ0) is 21.2. The Balaban J connectivity index is 1.34. The van der Waals surface area contributed by atoms with Crippen molar-refractivity contribution in [3.05, 3.63) is 60.2 Å². The van der Waals surface area contributed by atoms with Gasteiger partial charge in [-0.3, -0.25) is 4.79 Å².